The molecule has 0 aliphatic rings. The fraction of sp³-hybridized carbons (Fsp3) is 0.125. The molecule has 0 aliphatic carbocycles. The molecule has 0 bridgehead atoms. The molecule has 0 fully saturated rings. The number of carbonyl (C=O) groups excluding carboxylic acids is 2. The average Bonchev–Trinajstić information content (AvgIpc) is 2.54. The van der Waals surface area contributed by atoms with Gasteiger partial charge in [0, 0.05) is 11.3 Å². The lowest BCUT2D eigenvalue weighted by molar-refractivity contribution is -0.119. The molecule has 0 saturated heterocycles. The summed E-state index contributed by atoms with van der Waals surface area (Å²) in [6.07, 6.45) is 0. The van der Waals surface area contributed by atoms with Gasteiger partial charge in [-0.25, -0.2) is 4.39 Å². The van der Waals surface area contributed by atoms with E-state index < -0.39 is 11.8 Å². The number of halogens is 1. The van der Waals surface area contributed by atoms with E-state index in [0.717, 1.165) is 0 Å². The highest BCUT2D eigenvalue weighted by Crippen LogP contribution is 2.28. The van der Waals surface area contributed by atoms with Crippen LogP contribution in [0.4, 0.5) is 10.1 Å². The van der Waals surface area contributed by atoms with E-state index in [1.165, 1.54) is 49.6 Å². The fourth-order valence-electron chi connectivity index (χ4n) is 1.81. The van der Waals surface area contributed by atoms with Crippen LogP contribution in [0.5, 0.6) is 11.5 Å². The predicted octanol–water partition coefficient (Wildman–Crippen LogP) is 1.95. The summed E-state index contributed by atoms with van der Waals surface area (Å²) in [5.41, 5.74) is 5.79. The predicted molar refractivity (Wildman–Crippen MR) is 82.0 cm³/mol. The van der Waals surface area contributed by atoms with E-state index in [1.54, 1.807) is 0 Å². The maximum atomic E-state index is 12.8. The zero-order valence-electron chi connectivity index (χ0n) is 12.3. The summed E-state index contributed by atoms with van der Waals surface area (Å²) in [6, 6.07) is 9.88. The van der Waals surface area contributed by atoms with E-state index in [2.05, 4.69) is 5.32 Å². The van der Waals surface area contributed by atoms with Crippen molar-refractivity contribution in [2.75, 3.05) is 19.0 Å². The number of benzene rings is 2. The van der Waals surface area contributed by atoms with E-state index in [-0.39, 0.29) is 18.2 Å². The van der Waals surface area contributed by atoms with Gasteiger partial charge in [-0.15, -0.1) is 0 Å². The summed E-state index contributed by atoms with van der Waals surface area (Å²) in [7, 11) is 1.41. The van der Waals surface area contributed by atoms with Gasteiger partial charge in [0.1, 0.15) is 5.82 Å². The van der Waals surface area contributed by atoms with E-state index in [1.807, 2.05) is 0 Å². The maximum absolute atomic E-state index is 12.8. The van der Waals surface area contributed by atoms with Gasteiger partial charge < -0.3 is 20.5 Å². The Labute approximate surface area is 132 Å². The topological polar surface area (TPSA) is 90.7 Å². The second kappa shape index (κ2) is 7.26. The average molecular weight is 318 g/mol. The molecular weight excluding hydrogens is 303 g/mol. The van der Waals surface area contributed by atoms with Gasteiger partial charge in [0.2, 0.25) is 0 Å². The summed E-state index contributed by atoms with van der Waals surface area (Å²) in [5, 5.41) is 2.63. The number of carbonyl (C=O) groups is 2. The number of primary amides is 1. The Kier molecular flexibility index (Phi) is 5.14. The van der Waals surface area contributed by atoms with Crippen molar-refractivity contribution >= 4 is 17.5 Å². The van der Waals surface area contributed by atoms with E-state index in [9.17, 15) is 14.0 Å². The Morgan fingerprint density at radius 1 is 1.13 bits per heavy atom. The molecule has 2 aromatic carbocycles. The van der Waals surface area contributed by atoms with Crippen LogP contribution in [0.3, 0.4) is 0 Å². The first-order valence-corrected chi connectivity index (χ1v) is 6.65. The van der Waals surface area contributed by atoms with Crippen molar-refractivity contribution in [3.05, 3.63) is 53.8 Å². The highest BCUT2D eigenvalue weighted by molar-refractivity contribution is 6.04. The summed E-state index contributed by atoms with van der Waals surface area (Å²) < 4.78 is 23.2. The number of amides is 2. The third kappa shape index (κ3) is 4.44. The molecule has 2 aromatic rings. The number of methoxy groups -OCH3 is 1. The van der Waals surface area contributed by atoms with E-state index in [4.69, 9.17) is 15.2 Å². The Balaban J connectivity index is 2.14. The molecule has 23 heavy (non-hydrogen) atoms. The molecule has 120 valence electrons. The van der Waals surface area contributed by atoms with Crippen molar-refractivity contribution in [1.82, 2.24) is 0 Å². The first-order chi connectivity index (χ1) is 11.0. The lowest BCUT2D eigenvalue weighted by atomic mass is 10.2. The van der Waals surface area contributed by atoms with Gasteiger partial charge in [0.15, 0.2) is 18.1 Å². The summed E-state index contributed by atoms with van der Waals surface area (Å²) in [4.78, 5) is 22.9. The van der Waals surface area contributed by atoms with Crippen molar-refractivity contribution in [1.29, 1.82) is 0 Å². The minimum absolute atomic E-state index is 0.290. The van der Waals surface area contributed by atoms with Crippen LogP contribution in [-0.2, 0) is 4.79 Å². The Bertz CT molecular complexity index is 717. The molecular formula is C16H15FN2O4. The maximum Gasteiger partial charge on any atom is 0.255 e. The standard InChI is InChI=1S/C16H15FN2O4/c1-22-14-8-10(2-7-13(14)23-9-15(18)20)16(21)19-12-5-3-11(17)4-6-12/h2-8H,9H2,1H3,(H2,18,20)(H,19,21). The zero-order chi connectivity index (χ0) is 16.8. The second-order valence-corrected chi connectivity index (χ2v) is 4.58. The first-order valence-electron chi connectivity index (χ1n) is 6.65. The van der Waals surface area contributed by atoms with Gasteiger partial charge >= 0.3 is 0 Å². The minimum Gasteiger partial charge on any atom is -0.493 e. The number of rotatable bonds is 6. The smallest absolute Gasteiger partial charge is 0.255 e. The highest BCUT2D eigenvalue weighted by atomic mass is 19.1. The Hall–Kier alpha value is -3.09. The number of nitrogens with two attached hydrogens (primary N) is 1. The molecule has 2 amide bonds. The number of hydrogen-bond donors (Lipinski definition) is 2. The van der Waals surface area contributed by atoms with Gasteiger partial charge in [-0.3, -0.25) is 9.59 Å². The molecule has 0 aliphatic heterocycles. The molecule has 0 atom stereocenters. The molecule has 6 nitrogen and oxygen atoms in total. The number of nitrogens with one attached hydrogen (secondary N) is 1. The number of hydrogen-bond acceptors (Lipinski definition) is 4. The number of ether oxygens (including phenoxy) is 2. The summed E-state index contributed by atoms with van der Waals surface area (Å²) in [6.45, 7) is -0.294. The first kappa shape index (κ1) is 16.3. The molecule has 0 aromatic heterocycles. The number of anilines is 1. The minimum atomic E-state index is -0.620. The Morgan fingerprint density at radius 3 is 2.43 bits per heavy atom. The monoisotopic (exact) mass is 318 g/mol. The normalized spacial score (nSPS) is 10.0. The molecule has 0 saturated carbocycles. The highest BCUT2D eigenvalue weighted by Gasteiger charge is 2.12. The van der Waals surface area contributed by atoms with Gasteiger partial charge in [-0.1, -0.05) is 0 Å². The van der Waals surface area contributed by atoms with Gasteiger partial charge in [0.25, 0.3) is 11.8 Å². The van der Waals surface area contributed by atoms with Gasteiger partial charge in [-0.2, -0.15) is 0 Å². The van der Waals surface area contributed by atoms with Crippen molar-refractivity contribution in [2.24, 2.45) is 5.73 Å². The summed E-state index contributed by atoms with van der Waals surface area (Å²) >= 11 is 0. The molecule has 0 radical (unpaired) electrons. The van der Waals surface area contributed by atoms with E-state index in [0.29, 0.717) is 17.0 Å². The van der Waals surface area contributed by atoms with Crippen molar-refractivity contribution in [3.63, 3.8) is 0 Å². The third-order valence-electron chi connectivity index (χ3n) is 2.90. The van der Waals surface area contributed by atoms with Crippen molar-refractivity contribution in [3.8, 4) is 11.5 Å². The molecule has 2 rings (SSSR count). The SMILES string of the molecule is COc1cc(C(=O)Nc2ccc(F)cc2)ccc1OCC(N)=O. The van der Waals surface area contributed by atoms with E-state index >= 15 is 0 Å². The largest absolute Gasteiger partial charge is 0.493 e. The molecule has 0 heterocycles. The van der Waals surface area contributed by atoms with Gasteiger partial charge in [0.05, 0.1) is 7.11 Å². The lowest BCUT2D eigenvalue weighted by Gasteiger charge is -2.11. The second-order valence-electron chi connectivity index (χ2n) is 4.58. The van der Waals surface area contributed by atoms with Crippen LogP contribution >= 0.6 is 0 Å². The lowest BCUT2D eigenvalue weighted by Crippen LogP contribution is -2.20. The van der Waals surface area contributed by atoms with Crippen LogP contribution < -0.4 is 20.5 Å². The van der Waals surface area contributed by atoms with Crippen LogP contribution in [-0.4, -0.2) is 25.5 Å². The fourth-order valence-corrected chi connectivity index (χ4v) is 1.81. The van der Waals surface area contributed by atoms with Crippen molar-refractivity contribution < 1.29 is 23.5 Å². The zero-order valence-corrected chi connectivity index (χ0v) is 12.3. The molecule has 3 N–H and O–H groups in total. The molecule has 0 spiro atoms. The molecule has 0 unspecified atom stereocenters. The van der Waals surface area contributed by atoms with Crippen LogP contribution in [0.1, 0.15) is 10.4 Å². The quantitative estimate of drug-likeness (QED) is 0.851. The van der Waals surface area contributed by atoms with Crippen LogP contribution in [0, 0.1) is 5.82 Å². The van der Waals surface area contributed by atoms with Gasteiger partial charge in [-0.05, 0) is 42.5 Å². The Morgan fingerprint density at radius 2 is 1.83 bits per heavy atom. The van der Waals surface area contributed by atoms with Crippen LogP contribution in [0.25, 0.3) is 0 Å². The molecule has 7 heteroatoms. The van der Waals surface area contributed by atoms with Crippen molar-refractivity contribution in [2.45, 2.75) is 0 Å². The van der Waals surface area contributed by atoms with Crippen LogP contribution in [0.15, 0.2) is 42.5 Å². The summed E-state index contributed by atoms with van der Waals surface area (Å²) in [5.74, 6) is -0.815. The third-order valence-corrected chi connectivity index (χ3v) is 2.90. The van der Waals surface area contributed by atoms with Crippen LogP contribution in [0.2, 0.25) is 0 Å².